The Morgan fingerprint density at radius 1 is 1.22 bits per heavy atom. The van der Waals surface area contributed by atoms with E-state index < -0.39 is 0 Å². The highest BCUT2D eigenvalue weighted by molar-refractivity contribution is 5.73. The number of aromatic nitrogens is 2. The van der Waals surface area contributed by atoms with Crippen LogP contribution in [0.1, 0.15) is 38.2 Å². The first-order valence-electron chi connectivity index (χ1n) is 8.28. The number of hydrogen-bond donors (Lipinski definition) is 1. The van der Waals surface area contributed by atoms with E-state index in [0.29, 0.717) is 6.54 Å². The summed E-state index contributed by atoms with van der Waals surface area (Å²) in [4.78, 5) is 13.7. The van der Waals surface area contributed by atoms with E-state index in [-0.39, 0.29) is 6.03 Å². The normalized spacial score (nSPS) is 10.5. The molecule has 2 amide bonds. The third kappa shape index (κ3) is 5.43. The number of nitrogens with one attached hydrogen (secondary N) is 1. The summed E-state index contributed by atoms with van der Waals surface area (Å²) in [6.07, 6.45) is 8.41. The zero-order valence-electron chi connectivity index (χ0n) is 14.0. The first-order chi connectivity index (χ1) is 11.2. The minimum absolute atomic E-state index is 0.0334. The molecular weight excluding hydrogens is 288 g/mol. The van der Waals surface area contributed by atoms with Crippen molar-refractivity contribution in [1.82, 2.24) is 20.0 Å². The average Bonchev–Trinajstić information content (AvgIpc) is 3.03. The molecule has 0 fully saturated rings. The van der Waals surface area contributed by atoms with Gasteiger partial charge in [-0.05, 0) is 18.6 Å². The molecule has 2 rings (SSSR count). The van der Waals surface area contributed by atoms with Crippen LogP contribution in [0.4, 0.5) is 4.79 Å². The maximum atomic E-state index is 12.0. The molecule has 1 heterocycles. The molecular formula is C18H26N4O. The number of carbonyl (C=O) groups excluding carboxylic acids is 1. The summed E-state index contributed by atoms with van der Waals surface area (Å²) in [6, 6.07) is 9.91. The zero-order chi connectivity index (χ0) is 16.5. The number of nitrogens with zero attached hydrogens (tertiary/aromatic N) is 3. The smallest absolute Gasteiger partial charge is 0.317 e. The van der Waals surface area contributed by atoms with Crippen molar-refractivity contribution < 1.29 is 4.79 Å². The molecule has 0 spiro atoms. The molecule has 124 valence electrons. The highest BCUT2D eigenvalue weighted by Crippen LogP contribution is 2.09. The van der Waals surface area contributed by atoms with E-state index in [1.165, 1.54) is 19.3 Å². The Kier molecular flexibility index (Phi) is 6.66. The highest BCUT2D eigenvalue weighted by atomic mass is 16.2. The number of rotatable bonds is 8. The number of urea groups is 1. The van der Waals surface area contributed by atoms with Crippen LogP contribution in [-0.4, -0.2) is 34.3 Å². The van der Waals surface area contributed by atoms with E-state index in [4.69, 9.17) is 0 Å². The third-order valence-electron chi connectivity index (χ3n) is 3.73. The van der Waals surface area contributed by atoms with E-state index >= 15 is 0 Å². The van der Waals surface area contributed by atoms with Crippen molar-refractivity contribution in [3.05, 3.63) is 48.3 Å². The molecule has 0 saturated heterocycles. The van der Waals surface area contributed by atoms with Gasteiger partial charge in [0.2, 0.25) is 0 Å². The number of para-hydroxylation sites is 1. The molecule has 2 aromatic rings. The molecule has 0 saturated carbocycles. The van der Waals surface area contributed by atoms with Crippen molar-refractivity contribution in [2.75, 3.05) is 13.6 Å². The Hall–Kier alpha value is -2.30. The zero-order valence-corrected chi connectivity index (χ0v) is 14.0. The molecule has 0 unspecified atom stereocenters. The monoisotopic (exact) mass is 314 g/mol. The van der Waals surface area contributed by atoms with Gasteiger partial charge in [-0.2, -0.15) is 5.10 Å². The molecule has 0 aliphatic heterocycles. The number of benzene rings is 1. The highest BCUT2D eigenvalue weighted by Gasteiger charge is 2.10. The molecule has 0 aliphatic rings. The fourth-order valence-corrected chi connectivity index (χ4v) is 2.39. The average molecular weight is 314 g/mol. The minimum atomic E-state index is -0.0334. The van der Waals surface area contributed by atoms with Crippen molar-refractivity contribution in [3.8, 4) is 5.69 Å². The predicted molar refractivity (Wildman–Crippen MR) is 92.6 cm³/mol. The molecule has 0 atom stereocenters. The molecule has 5 nitrogen and oxygen atoms in total. The number of carbonyl (C=O) groups is 1. The maximum Gasteiger partial charge on any atom is 0.317 e. The van der Waals surface area contributed by atoms with Crippen molar-refractivity contribution in [1.29, 1.82) is 0 Å². The van der Waals surface area contributed by atoms with Crippen LogP contribution in [0.3, 0.4) is 0 Å². The van der Waals surface area contributed by atoms with Gasteiger partial charge in [0.25, 0.3) is 0 Å². The van der Waals surface area contributed by atoms with Gasteiger partial charge in [-0.1, -0.05) is 44.4 Å². The van der Waals surface area contributed by atoms with Gasteiger partial charge in [0.15, 0.2) is 0 Å². The van der Waals surface area contributed by atoms with Gasteiger partial charge in [0.1, 0.15) is 0 Å². The van der Waals surface area contributed by atoms with Crippen LogP contribution in [0.15, 0.2) is 42.7 Å². The second kappa shape index (κ2) is 8.98. The number of unbranched alkanes of at least 4 members (excludes halogenated alkanes) is 3. The molecule has 1 aromatic carbocycles. The Bertz CT molecular complexity index is 594. The lowest BCUT2D eigenvalue weighted by Crippen LogP contribution is -2.37. The second-order valence-corrected chi connectivity index (χ2v) is 5.78. The second-order valence-electron chi connectivity index (χ2n) is 5.78. The summed E-state index contributed by atoms with van der Waals surface area (Å²) in [5.41, 5.74) is 2.03. The van der Waals surface area contributed by atoms with E-state index in [9.17, 15) is 4.79 Å². The van der Waals surface area contributed by atoms with Crippen LogP contribution < -0.4 is 5.32 Å². The van der Waals surface area contributed by atoms with Gasteiger partial charge >= 0.3 is 6.03 Å². The quantitative estimate of drug-likeness (QED) is 0.757. The summed E-state index contributed by atoms with van der Waals surface area (Å²) in [5, 5.41) is 7.31. The standard InChI is InChI=1S/C18H26N4O/c1-3-4-5-9-12-19-18(23)21(2)14-16-13-20-22(15-16)17-10-7-6-8-11-17/h6-8,10-11,13,15H,3-5,9,12,14H2,1-2H3,(H,19,23). The Morgan fingerprint density at radius 2 is 2.00 bits per heavy atom. The lowest BCUT2D eigenvalue weighted by molar-refractivity contribution is 0.206. The van der Waals surface area contributed by atoms with Crippen molar-refractivity contribution in [3.63, 3.8) is 0 Å². The third-order valence-corrected chi connectivity index (χ3v) is 3.73. The topological polar surface area (TPSA) is 50.2 Å². The molecule has 23 heavy (non-hydrogen) atoms. The summed E-state index contributed by atoms with van der Waals surface area (Å²) < 4.78 is 1.83. The largest absolute Gasteiger partial charge is 0.338 e. The minimum Gasteiger partial charge on any atom is -0.338 e. The summed E-state index contributed by atoms with van der Waals surface area (Å²) >= 11 is 0. The van der Waals surface area contributed by atoms with Crippen LogP contribution in [0.25, 0.3) is 5.69 Å². The fourth-order valence-electron chi connectivity index (χ4n) is 2.39. The van der Waals surface area contributed by atoms with E-state index in [0.717, 1.165) is 24.2 Å². The molecule has 5 heteroatoms. The van der Waals surface area contributed by atoms with Crippen LogP contribution in [0.2, 0.25) is 0 Å². The molecule has 0 radical (unpaired) electrons. The van der Waals surface area contributed by atoms with Crippen LogP contribution >= 0.6 is 0 Å². The van der Waals surface area contributed by atoms with Gasteiger partial charge in [-0.3, -0.25) is 0 Å². The summed E-state index contributed by atoms with van der Waals surface area (Å²) in [7, 11) is 1.81. The predicted octanol–water partition coefficient (Wildman–Crippen LogP) is 3.59. The first kappa shape index (κ1) is 17.1. The summed E-state index contributed by atoms with van der Waals surface area (Å²) in [5.74, 6) is 0. The van der Waals surface area contributed by atoms with Gasteiger partial charge in [-0.15, -0.1) is 0 Å². The van der Waals surface area contributed by atoms with Crippen molar-refractivity contribution in [2.24, 2.45) is 0 Å². The van der Waals surface area contributed by atoms with Crippen molar-refractivity contribution in [2.45, 2.75) is 39.2 Å². The van der Waals surface area contributed by atoms with Crippen LogP contribution in [0.5, 0.6) is 0 Å². The number of hydrogen-bond acceptors (Lipinski definition) is 2. The van der Waals surface area contributed by atoms with Crippen molar-refractivity contribution >= 4 is 6.03 Å². The molecule has 1 N–H and O–H groups in total. The van der Waals surface area contributed by atoms with Gasteiger partial charge in [-0.25, -0.2) is 9.48 Å². The molecule has 0 bridgehead atoms. The Morgan fingerprint density at radius 3 is 2.74 bits per heavy atom. The number of amides is 2. The van der Waals surface area contributed by atoms with Gasteiger partial charge in [0.05, 0.1) is 18.4 Å². The fraction of sp³-hybridized carbons (Fsp3) is 0.444. The lowest BCUT2D eigenvalue weighted by atomic mass is 10.2. The first-order valence-corrected chi connectivity index (χ1v) is 8.28. The summed E-state index contributed by atoms with van der Waals surface area (Å²) in [6.45, 7) is 3.47. The molecule has 0 aliphatic carbocycles. The van der Waals surface area contributed by atoms with E-state index in [2.05, 4.69) is 17.3 Å². The Labute approximate surface area is 138 Å². The van der Waals surface area contributed by atoms with Gasteiger partial charge in [0, 0.05) is 25.4 Å². The van der Waals surface area contributed by atoms with Gasteiger partial charge < -0.3 is 10.2 Å². The Balaban J connectivity index is 1.80. The SMILES string of the molecule is CCCCCCNC(=O)N(C)Cc1cnn(-c2ccccc2)c1. The van der Waals surface area contributed by atoms with Crippen LogP contribution in [0, 0.1) is 0 Å². The van der Waals surface area contributed by atoms with E-state index in [1.807, 2.05) is 41.2 Å². The lowest BCUT2D eigenvalue weighted by Gasteiger charge is -2.17. The molecule has 1 aromatic heterocycles. The maximum absolute atomic E-state index is 12.0. The van der Waals surface area contributed by atoms with E-state index in [1.54, 1.807) is 18.1 Å². The van der Waals surface area contributed by atoms with Crippen LogP contribution in [-0.2, 0) is 6.54 Å².